The van der Waals surface area contributed by atoms with Gasteiger partial charge in [-0.3, -0.25) is 9.78 Å². The summed E-state index contributed by atoms with van der Waals surface area (Å²) in [6.45, 7) is 6.61. The third-order valence-corrected chi connectivity index (χ3v) is 3.75. The number of anilines is 1. The van der Waals surface area contributed by atoms with Gasteiger partial charge in [0.25, 0.3) is 0 Å². The van der Waals surface area contributed by atoms with Crippen molar-refractivity contribution in [1.82, 2.24) is 15.3 Å². The molecule has 1 N–H and O–H groups in total. The van der Waals surface area contributed by atoms with Crippen LogP contribution < -0.4 is 10.2 Å². The van der Waals surface area contributed by atoms with Gasteiger partial charge in [-0.15, -0.1) is 0 Å². The first-order valence-corrected chi connectivity index (χ1v) is 8.08. The van der Waals surface area contributed by atoms with Crippen LogP contribution in [0.5, 0.6) is 0 Å². The minimum Gasteiger partial charge on any atom is -0.357 e. The normalized spacial score (nSPS) is 10.3. The molecule has 5 nitrogen and oxygen atoms in total. The lowest BCUT2D eigenvalue weighted by atomic mass is 10.1. The summed E-state index contributed by atoms with van der Waals surface area (Å²) in [4.78, 5) is 22.6. The van der Waals surface area contributed by atoms with Gasteiger partial charge < -0.3 is 10.2 Å². The van der Waals surface area contributed by atoms with Crippen molar-refractivity contribution in [1.29, 1.82) is 0 Å². The van der Waals surface area contributed by atoms with Gasteiger partial charge in [-0.2, -0.15) is 0 Å². The fraction of sp³-hybridized carbons (Fsp3) is 0.389. The summed E-state index contributed by atoms with van der Waals surface area (Å²) in [5, 5.41) is 2.92. The van der Waals surface area contributed by atoms with Gasteiger partial charge in [0.15, 0.2) is 0 Å². The van der Waals surface area contributed by atoms with Gasteiger partial charge in [0.05, 0.1) is 0 Å². The van der Waals surface area contributed by atoms with Crippen molar-refractivity contribution in [3.63, 3.8) is 0 Å². The lowest BCUT2D eigenvalue weighted by molar-refractivity contribution is -0.121. The lowest BCUT2D eigenvalue weighted by Gasteiger charge is -2.20. The molecule has 0 aliphatic carbocycles. The number of amides is 1. The summed E-state index contributed by atoms with van der Waals surface area (Å²) in [5.74, 6) is 1.03. The van der Waals surface area contributed by atoms with Crippen LogP contribution in [0, 0.1) is 0 Å². The molecule has 0 saturated carbocycles. The van der Waals surface area contributed by atoms with Crippen LogP contribution in [0.1, 0.15) is 31.4 Å². The van der Waals surface area contributed by atoms with Crippen LogP contribution in [0.3, 0.4) is 0 Å². The standard InChI is InChI=1S/C18H24N4O/c1-3-22(4-2)17-12-15(9-11-20-17)7-8-18(23)21-14-16-6-5-10-19-13-16/h5-6,9-13H,3-4,7-8,14H2,1-2H3,(H,21,23). The smallest absolute Gasteiger partial charge is 0.220 e. The molecule has 122 valence electrons. The number of hydrogen-bond donors (Lipinski definition) is 1. The minimum absolute atomic E-state index is 0.0510. The molecule has 0 unspecified atom stereocenters. The van der Waals surface area contributed by atoms with Gasteiger partial charge in [-0.05, 0) is 49.6 Å². The highest BCUT2D eigenvalue weighted by molar-refractivity contribution is 5.76. The van der Waals surface area contributed by atoms with Crippen LogP contribution in [0.25, 0.3) is 0 Å². The molecule has 23 heavy (non-hydrogen) atoms. The number of carbonyl (C=O) groups excluding carboxylic acids is 1. The second-order valence-corrected chi connectivity index (χ2v) is 5.33. The van der Waals surface area contributed by atoms with Crippen LogP contribution in [0.15, 0.2) is 42.9 Å². The highest BCUT2D eigenvalue weighted by atomic mass is 16.1. The molecule has 0 saturated heterocycles. The summed E-state index contributed by atoms with van der Waals surface area (Å²) in [7, 11) is 0. The van der Waals surface area contributed by atoms with Gasteiger partial charge in [-0.25, -0.2) is 4.98 Å². The molecule has 5 heteroatoms. The Bertz CT molecular complexity index is 611. The third kappa shape index (κ3) is 5.36. The van der Waals surface area contributed by atoms with E-state index in [0.717, 1.165) is 36.5 Å². The zero-order chi connectivity index (χ0) is 16.5. The Labute approximate surface area is 137 Å². The average Bonchev–Trinajstić information content (AvgIpc) is 2.60. The Balaban J connectivity index is 1.83. The molecule has 2 aromatic rings. The number of aromatic nitrogens is 2. The van der Waals surface area contributed by atoms with Crippen molar-refractivity contribution >= 4 is 11.7 Å². The number of nitrogens with one attached hydrogen (secondary N) is 1. The molecule has 2 heterocycles. The molecule has 0 fully saturated rings. The Morgan fingerprint density at radius 2 is 2.00 bits per heavy atom. The number of aryl methyl sites for hydroxylation is 1. The van der Waals surface area contributed by atoms with Crippen molar-refractivity contribution < 1.29 is 4.79 Å². The molecule has 0 radical (unpaired) electrons. The number of carbonyl (C=O) groups is 1. The molecule has 1 amide bonds. The highest BCUT2D eigenvalue weighted by Crippen LogP contribution is 2.13. The predicted molar refractivity (Wildman–Crippen MR) is 92.2 cm³/mol. The van der Waals surface area contributed by atoms with E-state index >= 15 is 0 Å². The minimum atomic E-state index is 0.0510. The second kappa shape index (κ2) is 8.88. The van der Waals surface area contributed by atoms with Gasteiger partial charge >= 0.3 is 0 Å². The summed E-state index contributed by atoms with van der Waals surface area (Å²) in [6.07, 6.45) is 6.50. The molecule has 2 aromatic heterocycles. The van der Waals surface area contributed by atoms with Gasteiger partial charge in [0.1, 0.15) is 5.82 Å². The van der Waals surface area contributed by atoms with Crippen LogP contribution >= 0.6 is 0 Å². The second-order valence-electron chi connectivity index (χ2n) is 5.33. The first-order valence-electron chi connectivity index (χ1n) is 8.08. The van der Waals surface area contributed by atoms with Gasteiger partial charge in [0, 0.05) is 44.6 Å². The van der Waals surface area contributed by atoms with E-state index in [9.17, 15) is 4.79 Å². The Kier molecular flexibility index (Phi) is 6.54. The number of rotatable bonds is 8. The maximum atomic E-state index is 12.0. The monoisotopic (exact) mass is 312 g/mol. The van der Waals surface area contributed by atoms with E-state index in [1.54, 1.807) is 12.4 Å². The Morgan fingerprint density at radius 1 is 1.17 bits per heavy atom. The van der Waals surface area contributed by atoms with E-state index in [1.807, 2.05) is 24.4 Å². The first kappa shape index (κ1) is 16.9. The fourth-order valence-corrected chi connectivity index (χ4v) is 2.39. The number of pyridine rings is 2. The maximum Gasteiger partial charge on any atom is 0.220 e. The molecule has 0 atom stereocenters. The Morgan fingerprint density at radius 3 is 2.70 bits per heavy atom. The number of nitrogens with zero attached hydrogens (tertiary/aromatic N) is 3. The first-order chi connectivity index (χ1) is 11.2. The SMILES string of the molecule is CCN(CC)c1cc(CCC(=O)NCc2cccnc2)ccn1. The van der Waals surface area contributed by atoms with E-state index in [2.05, 4.69) is 40.1 Å². The molecule has 0 aliphatic rings. The summed E-state index contributed by atoms with van der Waals surface area (Å²) >= 11 is 0. The average molecular weight is 312 g/mol. The molecule has 0 aliphatic heterocycles. The molecule has 0 spiro atoms. The quantitative estimate of drug-likeness (QED) is 0.814. The van der Waals surface area contributed by atoms with E-state index in [4.69, 9.17) is 0 Å². The molecule has 0 bridgehead atoms. The van der Waals surface area contributed by atoms with E-state index in [-0.39, 0.29) is 5.91 Å². The van der Waals surface area contributed by atoms with Crippen LogP contribution in [-0.2, 0) is 17.8 Å². The summed E-state index contributed by atoms with van der Waals surface area (Å²) < 4.78 is 0. The van der Waals surface area contributed by atoms with E-state index < -0.39 is 0 Å². The topological polar surface area (TPSA) is 58.1 Å². The maximum absolute atomic E-state index is 12.0. The molecular formula is C18H24N4O. The highest BCUT2D eigenvalue weighted by Gasteiger charge is 2.06. The predicted octanol–water partition coefficient (Wildman–Crippen LogP) is 2.57. The van der Waals surface area contributed by atoms with Crippen molar-refractivity contribution in [2.45, 2.75) is 33.2 Å². The van der Waals surface area contributed by atoms with Gasteiger partial charge in [-0.1, -0.05) is 6.07 Å². The van der Waals surface area contributed by atoms with Crippen molar-refractivity contribution in [3.05, 3.63) is 54.0 Å². The largest absolute Gasteiger partial charge is 0.357 e. The van der Waals surface area contributed by atoms with E-state index in [1.165, 1.54) is 0 Å². The Hall–Kier alpha value is -2.43. The molecular weight excluding hydrogens is 288 g/mol. The van der Waals surface area contributed by atoms with E-state index in [0.29, 0.717) is 13.0 Å². The van der Waals surface area contributed by atoms with Gasteiger partial charge in [0.2, 0.25) is 5.91 Å². The van der Waals surface area contributed by atoms with Crippen molar-refractivity contribution in [2.75, 3.05) is 18.0 Å². The zero-order valence-corrected chi connectivity index (χ0v) is 13.8. The summed E-state index contributed by atoms with van der Waals surface area (Å²) in [6, 6.07) is 7.86. The van der Waals surface area contributed by atoms with Crippen LogP contribution in [0.2, 0.25) is 0 Å². The number of hydrogen-bond acceptors (Lipinski definition) is 4. The third-order valence-electron chi connectivity index (χ3n) is 3.75. The van der Waals surface area contributed by atoms with Crippen molar-refractivity contribution in [2.24, 2.45) is 0 Å². The molecule has 2 rings (SSSR count). The lowest BCUT2D eigenvalue weighted by Crippen LogP contribution is -2.24. The summed E-state index contributed by atoms with van der Waals surface area (Å²) in [5.41, 5.74) is 2.15. The molecule has 0 aromatic carbocycles. The van der Waals surface area contributed by atoms with Crippen LogP contribution in [0.4, 0.5) is 5.82 Å². The van der Waals surface area contributed by atoms with Crippen LogP contribution in [-0.4, -0.2) is 29.0 Å². The fourth-order valence-electron chi connectivity index (χ4n) is 2.39. The van der Waals surface area contributed by atoms with Crippen molar-refractivity contribution in [3.8, 4) is 0 Å². The zero-order valence-electron chi connectivity index (χ0n) is 13.8.